The monoisotopic (exact) mass is 325 g/mol. The third-order valence-electron chi connectivity index (χ3n) is 2.94. The number of ether oxygens (including phenoxy) is 1. The molecule has 5 nitrogen and oxygen atoms in total. The van der Waals surface area contributed by atoms with Gasteiger partial charge in [0.1, 0.15) is 0 Å². The number of rotatable bonds is 5. The molecule has 0 aliphatic carbocycles. The summed E-state index contributed by atoms with van der Waals surface area (Å²) in [5.74, 6) is 0.0337. The first-order valence-corrected chi connectivity index (χ1v) is 6.68. The van der Waals surface area contributed by atoms with Crippen LogP contribution in [0.3, 0.4) is 0 Å². The predicted octanol–water partition coefficient (Wildman–Crippen LogP) is 3.14. The normalized spacial score (nSPS) is 11.3. The molecule has 0 unspecified atom stereocenters. The molecule has 8 heteroatoms. The Morgan fingerprint density at radius 3 is 2.30 bits per heavy atom. The molecular formula is C15H14F3N3O2. The van der Waals surface area contributed by atoms with Gasteiger partial charge in [0.05, 0.1) is 36.7 Å². The highest BCUT2D eigenvalue weighted by atomic mass is 19.4. The molecule has 0 saturated heterocycles. The zero-order chi connectivity index (χ0) is 16.9. The molecule has 0 fully saturated rings. The van der Waals surface area contributed by atoms with Crippen LogP contribution in [0, 0.1) is 0 Å². The molecule has 0 aliphatic rings. The van der Waals surface area contributed by atoms with E-state index in [4.69, 9.17) is 4.74 Å². The molecule has 1 amide bonds. The average Bonchev–Trinajstić information content (AvgIpc) is 2.53. The lowest BCUT2D eigenvalue weighted by Crippen LogP contribution is -2.14. The van der Waals surface area contributed by atoms with Crippen LogP contribution in [0.1, 0.15) is 12.0 Å². The number of aromatic nitrogens is 2. The number of methoxy groups -OCH3 is 1. The highest BCUT2D eigenvalue weighted by molar-refractivity contribution is 5.90. The number of amides is 1. The first kappa shape index (κ1) is 16.9. The van der Waals surface area contributed by atoms with Crippen LogP contribution in [0.5, 0.6) is 0 Å². The van der Waals surface area contributed by atoms with Gasteiger partial charge in [0.25, 0.3) is 0 Å². The summed E-state index contributed by atoms with van der Waals surface area (Å²) in [7, 11) is 1.50. The van der Waals surface area contributed by atoms with Gasteiger partial charge in [0, 0.05) is 12.7 Å². The Hall–Kier alpha value is -2.48. The standard InChI is InChI=1S/C15H14F3N3O2/c1-23-7-6-13(22)21-12-8-19-14(20-9-12)10-2-4-11(5-3-10)15(16,17)18/h2-5,8-9H,6-7H2,1H3,(H,21,22). The summed E-state index contributed by atoms with van der Waals surface area (Å²) in [6.45, 7) is 0.302. The van der Waals surface area contributed by atoms with Crippen LogP contribution in [0.15, 0.2) is 36.7 Å². The quantitative estimate of drug-likeness (QED) is 0.917. The lowest BCUT2D eigenvalue weighted by atomic mass is 10.1. The van der Waals surface area contributed by atoms with Crippen molar-refractivity contribution in [2.75, 3.05) is 19.0 Å². The number of carbonyl (C=O) groups is 1. The number of hydrogen-bond acceptors (Lipinski definition) is 4. The Kier molecular flexibility index (Phi) is 5.28. The van der Waals surface area contributed by atoms with E-state index < -0.39 is 11.7 Å². The molecule has 122 valence electrons. The van der Waals surface area contributed by atoms with E-state index in [1.807, 2.05) is 0 Å². The first-order chi connectivity index (χ1) is 10.9. The Balaban J connectivity index is 2.06. The van der Waals surface area contributed by atoms with Crippen molar-refractivity contribution in [1.29, 1.82) is 0 Å². The van der Waals surface area contributed by atoms with E-state index in [-0.39, 0.29) is 18.2 Å². The van der Waals surface area contributed by atoms with E-state index in [0.717, 1.165) is 12.1 Å². The van der Waals surface area contributed by atoms with Crippen molar-refractivity contribution >= 4 is 11.6 Å². The molecule has 0 spiro atoms. The van der Waals surface area contributed by atoms with Crippen molar-refractivity contribution in [3.63, 3.8) is 0 Å². The van der Waals surface area contributed by atoms with Gasteiger partial charge in [-0.15, -0.1) is 0 Å². The minimum atomic E-state index is -4.38. The lowest BCUT2D eigenvalue weighted by Gasteiger charge is -2.08. The van der Waals surface area contributed by atoms with Crippen molar-refractivity contribution < 1.29 is 22.7 Å². The molecule has 2 aromatic rings. The molecular weight excluding hydrogens is 311 g/mol. The lowest BCUT2D eigenvalue weighted by molar-refractivity contribution is -0.137. The highest BCUT2D eigenvalue weighted by Crippen LogP contribution is 2.30. The van der Waals surface area contributed by atoms with E-state index in [0.29, 0.717) is 17.9 Å². The van der Waals surface area contributed by atoms with Crippen LogP contribution in [-0.4, -0.2) is 29.6 Å². The van der Waals surface area contributed by atoms with Crippen LogP contribution in [-0.2, 0) is 15.7 Å². The van der Waals surface area contributed by atoms with Gasteiger partial charge in [0.15, 0.2) is 5.82 Å². The Morgan fingerprint density at radius 1 is 1.17 bits per heavy atom. The largest absolute Gasteiger partial charge is 0.416 e. The van der Waals surface area contributed by atoms with Gasteiger partial charge >= 0.3 is 6.18 Å². The van der Waals surface area contributed by atoms with Crippen molar-refractivity contribution in [2.45, 2.75) is 12.6 Å². The van der Waals surface area contributed by atoms with E-state index in [9.17, 15) is 18.0 Å². The number of benzene rings is 1. The molecule has 0 bridgehead atoms. The summed E-state index contributed by atoms with van der Waals surface area (Å²) in [6, 6.07) is 4.54. The average molecular weight is 325 g/mol. The van der Waals surface area contributed by atoms with Crippen molar-refractivity contribution in [3.8, 4) is 11.4 Å². The number of carbonyl (C=O) groups excluding carboxylic acids is 1. The zero-order valence-electron chi connectivity index (χ0n) is 12.2. The number of anilines is 1. The fraction of sp³-hybridized carbons (Fsp3) is 0.267. The molecule has 1 heterocycles. The van der Waals surface area contributed by atoms with Crippen molar-refractivity contribution in [2.24, 2.45) is 0 Å². The fourth-order valence-corrected chi connectivity index (χ4v) is 1.77. The zero-order valence-corrected chi connectivity index (χ0v) is 12.2. The molecule has 2 rings (SSSR count). The number of nitrogens with one attached hydrogen (secondary N) is 1. The highest BCUT2D eigenvalue weighted by Gasteiger charge is 2.30. The smallest absolute Gasteiger partial charge is 0.384 e. The van der Waals surface area contributed by atoms with E-state index in [1.165, 1.54) is 31.6 Å². The molecule has 0 atom stereocenters. The second-order valence-electron chi connectivity index (χ2n) is 4.66. The number of alkyl halides is 3. The Morgan fingerprint density at radius 2 is 1.78 bits per heavy atom. The molecule has 0 radical (unpaired) electrons. The molecule has 0 aliphatic heterocycles. The van der Waals surface area contributed by atoms with Crippen molar-refractivity contribution in [3.05, 3.63) is 42.2 Å². The van der Waals surface area contributed by atoms with Gasteiger partial charge in [-0.2, -0.15) is 13.2 Å². The summed E-state index contributed by atoms with van der Waals surface area (Å²) in [5, 5.41) is 2.59. The van der Waals surface area contributed by atoms with Crippen LogP contribution >= 0.6 is 0 Å². The van der Waals surface area contributed by atoms with Gasteiger partial charge < -0.3 is 10.1 Å². The maximum atomic E-state index is 12.5. The topological polar surface area (TPSA) is 64.1 Å². The molecule has 0 saturated carbocycles. The minimum absolute atomic E-state index is 0.206. The maximum Gasteiger partial charge on any atom is 0.416 e. The van der Waals surface area contributed by atoms with Crippen LogP contribution < -0.4 is 5.32 Å². The minimum Gasteiger partial charge on any atom is -0.384 e. The van der Waals surface area contributed by atoms with Gasteiger partial charge in [-0.1, -0.05) is 12.1 Å². The molecule has 1 N–H and O–H groups in total. The van der Waals surface area contributed by atoms with Gasteiger partial charge in [-0.3, -0.25) is 4.79 Å². The van der Waals surface area contributed by atoms with E-state index in [1.54, 1.807) is 0 Å². The number of hydrogen-bond donors (Lipinski definition) is 1. The maximum absolute atomic E-state index is 12.5. The molecule has 1 aromatic heterocycles. The van der Waals surface area contributed by atoms with Gasteiger partial charge in [-0.05, 0) is 12.1 Å². The van der Waals surface area contributed by atoms with E-state index >= 15 is 0 Å². The first-order valence-electron chi connectivity index (χ1n) is 6.68. The summed E-state index contributed by atoms with van der Waals surface area (Å²) in [5.41, 5.74) is 0.125. The second-order valence-corrected chi connectivity index (χ2v) is 4.66. The summed E-state index contributed by atoms with van der Waals surface area (Å²) in [4.78, 5) is 19.6. The fourth-order valence-electron chi connectivity index (χ4n) is 1.77. The summed E-state index contributed by atoms with van der Waals surface area (Å²) < 4.78 is 42.3. The Bertz CT molecular complexity index is 655. The van der Waals surface area contributed by atoms with Crippen LogP contribution in [0.25, 0.3) is 11.4 Å². The van der Waals surface area contributed by atoms with Gasteiger partial charge in [-0.25, -0.2) is 9.97 Å². The Labute approximate surface area is 130 Å². The second kappa shape index (κ2) is 7.19. The van der Waals surface area contributed by atoms with Crippen LogP contribution in [0.2, 0.25) is 0 Å². The predicted molar refractivity (Wildman–Crippen MR) is 77.6 cm³/mol. The van der Waals surface area contributed by atoms with Gasteiger partial charge in [0.2, 0.25) is 5.91 Å². The van der Waals surface area contributed by atoms with Crippen LogP contribution in [0.4, 0.5) is 18.9 Å². The third-order valence-corrected chi connectivity index (χ3v) is 2.94. The summed E-state index contributed by atoms with van der Waals surface area (Å²) >= 11 is 0. The summed E-state index contributed by atoms with van der Waals surface area (Å²) in [6.07, 6.45) is -1.39. The number of nitrogens with zero attached hydrogens (tertiary/aromatic N) is 2. The van der Waals surface area contributed by atoms with Crippen molar-refractivity contribution in [1.82, 2.24) is 9.97 Å². The molecule has 23 heavy (non-hydrogen) atoms. The van der Waals surface area contributed by atoms with E-state index in [2.05, 4.69) is 15.3 Å². The number of halogens is 3. The molecule has 1 aromatic carbocycles. The SMILES string of the molecule is COCCC(=O)Nc1cnc(-c2ccc(C(F)(F)F)cc2)nc1. The third kappa shape index (κ3) is 4.75.